The number of fused-ring (bicyclic) bond motifs is 1. The van der Waals surface area contributed by atoms with Crippen LogP contribution < -0.4 is 4.74 Å². The molecule has 5 heteroatoms. The van der Waals surface area contributed by atoms with Crippen molar-refractivity contribution >= 4 is 39.7 Å². The van der Waals surface area contributed by atoms with Crippen LogP contribution in [0, 0.1) is 0 Å². The molecule has 0 fully saturated rings. The molecule has 4 nitrogen and oxygen atoms in total. The van der Waals surface area contributed by atoms with Crippen molar-refractivity contribution < 1.29 is 14.6 Å². The molecule has 2 aromatic carbocycles. The van der Waals surface area contributed by atoms with Gasteiger partial charge in [-0.15, -0.1) is 11.3 Å². The molecule has 1 aromatic heterocycles. The summed E-state index contributed by atoms with van der Waals surface area (Å²) in [5, 5.41) is 9.54. The number of carbonyl (C=O) groups is 1. The Kier molecular flexibility index (Phi) is 4.68. The fraction of sp³-hybridized carbons (Fsp3) is 0.111. The van der Waals surface area contributed by atoms with Crippen LogP contribution in [-0.4, -0.2) is 22.7 Å². The largest absolute Gasteiger partial charge is 0.493 e. The molecule has 0 radical (unpaired) electrons. The second kappa shape index (κ2) is 7.07. The third kappa shape index (κ3) is 4.17. The number of carboxylic acids is 1. The van der Waals surface area contributed by atoms with Gasteiger partial charge in [0.05, 0.1) is 23.2 Å². The topological polar surface area (TPSA) is 59.4 Å². The van der Waals surface area contributed by atoms with Gasteiger partial charge in [-0.3, -0.25) is 4.79 Å². The molecule has 0 aliphatic heterocycles. The number of para-hydroxylation sites is 1. The number of carboxylic acid groups (broad SMARTS) is 1. The molecule has 0 aliphatic rings. The molecule has 0 aliphatic carbocycles. The zero-order chi connectivity index (χ0) is 16.1. The fourth-order valence-electron chi connectivity index (χ4n) is 2.06. The third-order valence-electron chi connectivity index (χ3n) is 3.19. The second-order valence-corrected chi connectivity index (χ2v) is 5.98. The molecular weight excluding hydrogens is 310 g/mol. The second-order valence-electron chi connectivity index (χ2n) is 4.91. The number of benzene rings is 2. The van der Waals surface area contributed by atoms with Crippen molar-refractivity contribution in [3.63, 3.8) is 0 Å². The predicted molar refractivity (Wildman–Crippen MR) is 92.7 cm³/mol. The minimum atomic E-state index is -0.861. The van der Waals surface area contributed by atoms with E-state index in [1.54, 1.807) is 11.3 Å². The Morgan fingerprint density at radius 2 is 1.91 bits per heavy atom. The highest BCUT2D eigenvalue weighted by molar-refractivity contribution is 7.19. The van der Waals surface area contributed by atoms with Gasteiger partial charge in [0.15, 0.2) is 0 Å². The fourth-order valence-corrected chi connectivity index (χ4v) is 2.93. The molecular formula is C18H15NO3S. The Balaban J connectivity index is 1.64. The van der Waals surface area contributed by atoms with Crippen LogP contribution in [0.4, 0.5) is 0 Å². The smallest absolute Gasteiger partial charge is 0.306 e. The number of aliphatic carboxylic acids is 1. The van der Waals surface area contributed by atoms with E-state index in [9.17, 15) is 4.79 Å². The van der Waals surface area contributed by atoms with Crippen LogP contribution in [-0.2, 0) is 4.79 Å². The van der Waals surface area contributed by atoms with Gasteiger partial charge in [0.2, 0.25) is 0 Å². The van der Waals surface area contributed by atoms with E-state index in [1.807, 2.05) is 54.6 Å². The Labute approximate surface area is 137 Å². The van der Waals surface area contributed by atoms with Crippen molar-refractivity contribution in [1.29, 1.82) is 0 Å². The van der Waals surface area contributed by atoms with Crippen LogP contribution in [0.15, 0.2) is 48.5 Å². The van der Waals surface area contributed by atoms with Gasteiger partial charge in [-0.1, -0.05) is 30.3 Å². The van der Waals surface area contributed by atoms with Gasteiger partial charge in [0.25, 0.3) is 0 Å². The summed E-state index contributed by atoms with van der Waals surface area (Å²) in [7, 11) is 0. The van der Waals surface area contributed by atoms with Gasteiger partial charge >= 0.3 is 5.97 Å². The van der Waals surface area contributed by atoms with E-state index in [0.29, 0.717) is 5.75 Å². The summed E-state index contributed by atoms with van der Waals surface area (Å²) in [6.07, 6.45) is 3.99. The number of hydrogen-bond donors (Lipinski definition) is 1. The molecule has 0 unspecified atom stereocenters. The molecule has 3 aromatic rings. The maximum atomic E-state index is 10.4. The summed E-state index contributed by atoms with van der Waals surface area (Å²) in [5.41, 5.74) is 2.05. The van der Waals surface area contributed by atoms with Crippen molar-refractivity contribution in [1.82, 2.24) is 4.98 Å². The van der Waals surface area contributed by atoms with Crippen LogP contribution in [0.1, 0.15) is 17.0 Å². The van der Waals surface area contributed by atoms with Gasteiger partial charge in [-0.2, -0.15) is 0 Å². The first kappa shape index (κ1) is 15.2. The van der Waals surface area contributed by atoms with Crippen LogP contribution in [0.2, 0.25) is 0 Å². The number of aromatic nitrogens is 1. The number of thiazole rings is 1. The average Bonchev–Trinajstić information content (AvgIpc) is 2.97. The molecule has 1 N–H and O–H groups in total. The Bertz CT molecular complexity index is 804. The summed E-state index contributed by atoms with van der Waals surface area (Å²) in [6, 6.07) is 15.6. The highest BCUT2D eigenvalue weighted by Gasteiger charge is 2.00. The zero-order valence-corrected chi connectivity index (χ0v) is 13.1. The molecule has 0 saturated carbocycles. The predicted octanol–water partition coefficient (Wildman–Crippen LogP) is 4.32. The summed E-state index contributed by atoms with van der Waals surface area (Å²) < 4.78 is 6.53. The van der Waals surface area contributed by atoms with Crippen molar-refractivity contribution in [3.8, 4) is 5.75 Å². The van der Waals surface area contributed by atoms with Crippen LogP contribution in [0.25, 0.3) is 22.4 Å². The number of ether oxygens (including phenoxy) is 1. The minimum Gasteiger partial charge on any atom is -0.493 e. The highest BCUT2D eigenvalue weighted by Crippen LogP contribution is 2.23. The van der Waals surface area contributed by atoms with E-state index in [-0.39, 0.29) is 13.0 Å². The van der Waals surface area contributed by atoms with Crippen molar-refractivity contribution in [2.45, 2.75) is 6.42 Å². The maximum Gasteiger partial charge on any atom is 0.306 e. The first-order chi connectivity index (χ1) is 11.2. The van der Waals surface area contributed by atoms with Crippen molar-refractivity contribution in [2.24, 2.45) is 0 Å². The van der Waals surface area contributed by atoms with Crippen molar-refractivity contribution in [2.75, 3.05) is 6.61 Å². The van der Waals surface area contributed by atoms with Gasteiger partial charge in [0.1, 0.15) is 10.8 Å². The monoisotopic (exact) mass is 325 g/mol. The van der Waals surface area contributed by atoms with Gasteiger partial charge < -0.3 is 9.84 Å². The summed E-state index contributed by atoms with van der Waals surface area (Å²) in [6.45, 7) is 0.177. The van der Waals surface area contributed by atoms with Gasteiger partial charge in [0, 0.05) is 0 Å². The molecule has 1 heterocycles. The Morgan fingerprint density at radius 3 is 2.65 bits per heavy atom. The quantitative estimate of drug-likeness (QED) is 0.733. The lowest BCUT2D eigenvalue weighted by Crippen LogP contribution is -2.04. The lowest BCUT2D eigenvalue weighted by Gasteiger charge is -2.04. The van der Waals surface area contributed by atoms with Crippen LogP contribution >= 0.6 is 11.3 Å². The van der Waals surface area contributed by atoms with Crippen molar-refractivity contribution in [3.05, 3.63) is 59.1 Å². The van der Waals surface area contributed by atoms with Crippen LogP contribution in [0.3, 0.4) is 0 Å². The molecule has 0 saturated heterocycles. The van der Waals surface area contributed by atoms with Crippen LogP contribution in [0.5, 0.6) is 5.75 Å². The normalized spacial score (nSPS) is 11.1. The standard InChI is InChI=1S/C18H15NO3S/c20-18(21)11-12-22-14-8-5-13(6-9-14)7-10-17-19-15-3-1-2-4-16(15)23-17/h1-10H,11-12H2,(H,20,21). The highest BCUT2D eigenvalue weighted by atomic mass is 32.1. The SMILES string of the molecule is O=C(O)CCOc1ccc(C=Cc2nc3ccccc3s2)cc1. The lowest BCUT2D eigenvalue weighted by molar-refractivity contribution is -0.137. The molecule has 0 bridgehead atoms. The summed E-state index contributed by atoms with van der Waals surface area (Å²) in [4.78, 5) is 15.0. The molecule has 0 atom stereocenters. The summed E-state index contributed by atoms with van der Waals surface area (Å²) in [5.74, 6) is -0.191. The average molecular weight is 325 g/mol. The van der Waals surface area contributed by atoms with E-state index < -0.39 is 5.97 Å². The molecule has 0 spiro atoms. The van der Waals surface area contributed by atoms with E-state index >= 15 is 0 Å². The van der Waals surface area contributed by atoms with E-state index in [0.717, 1.165) is 16.1 Å². The molecule has 23 heavy (non-hydrogen) atoms. The van der Waals surface area contributed by atoms with E-state index in [1.165, 1.54) is 4.70 Å². The molecule has 3 rings (SSSR count). The first-order valence-electron chi connectivity index (χ1n) is 7.19. The summed E-state index contributed by atoms with van der Waals surface area (Å²) >= 11 is 1.66. The lowest BCUT2D eigenvalue weighted by atomic mass is 10.2. The Hall–Kier alpha value is -2.66. The third-order valence-corrected chi connectivity index (χ3v) is 4.20. The number of hydrogen-bond acceptors (Lipinski definition) is 4. The maximum absolute atomic E-state index is 10.4. The van der Waals surface area contributed by atoms with E-state index in [4.69, 9.17) is 9.84 Å². The molecule has 0 amide bonds. The Morgan fingerprint density at radius 1 is 1.13 bits per heavy atom. The first-order valence-corrected chi connectivity index (χ1v) is 8.01. The zero-order valence-electron chi connectivity index (χ0n) is 12.3. The minimum absolute atomic E-state index is 0.000733. The van der Waals surface area contributed by atoms with E-state index in [2.05, 4.69) is 11.1 Å². The number of nitrogens with zero attached hydrogens (tertiary/aromatic N) is 1. The van der Waals surface area contributed by atoms with Gasteiger partial charge in [-0.25, -0.2) is 4.98 Å². The number of rotatable bonds is 6. The van der Waals surface area contributed by atoms with Gasteiger partial charge in [-0.05, 0) is 35.9 Å². The molecule has 116 valence electrons.